The summed E-state index contributed by atoms with van der Waals surface area (Å²) in [6.45, 7) is 12.0. The van der Waals surface area contributed by atoms with Gasteiger partial charge in [0.1, 0.15) is 11.6 Å². The van der Waals surface area contributed by atoms with E-state index in [9.17, 15) is 9.59 Å². The molecule has 0 bridgehead atoms. The van der Waals surface area contributed by atoms with Gasteiger partial charge in [0, 0.05) is 5.54 Å². The van der Waals surface area contributed by atoms with E-state index in [1.165, 1.54) is 0 Å². The van der Waals surface area contributed by atoms with Crippen LogP contribution in [0, 0.1) is 0 Å². The maximum absolute atomic E-state index is 12.9. The van der Waals surface area contributed by atoms with E-state index in [1.54, 1.807) is 0 Å². The van der Waals surface area contributed by atoms with E-state index >= 15 is 0 Å². The Morgan fingerprint density at radius 3 is 2.00 bits per heavy atom. The molecule has 0 saturated carbocycles. The Balaban J connectivity index is 3.27. The first kappa shape index (κ1) is 16.0. The molecular weight excluding hydrogens is 240 g/mol. The third-order valence-electron chi connectivity index (χ3n) is 5.07. The molecule has 1 aliphatic heterocycles. The lowest BCUT2D eigenvalue weighted by molar-refractivity contribution is -0.162. The molecule has 110 valence electrons. The van der Waals surface area contributed by atoms with Crippen LogP contribution < -0.4 is 5.32 Å². The molecule has 1 atom stereocenters. The van der Waals surface area contributed by atoms with Crippen LogP contribution in [-0.2, 0) is 9.59 Å². The molecule has 1 rings (SSSR count). The molecule has 1 saturated heterocycles. The van der Waals surface area contributed by atoms with Crippen molar-refractivity contribution in [2.75, 3.05) is 0 Å². The average Bonchev–Trinajstić information content (AvgIpc) is 2.43. The quantitative estimate of drug-likeness (QED) is 0.832. The first-order valence-electron chi connectivity index (χ1n) is 7.47. The van der Waals surface area contributed by atoms with Crippen molar-refractivity contribution < 1.29 is 9.59 Å². The van der Waals surface area contributed by atoms with E-state index in [4.69, 9.17) is 0 Å². The topological polar surface area (TPSA) is 49.4 Å². The summed E-state index contributed by atoms with van der Waals surface area (Å²) in [7, 11) is 0. The molecule has 0 spiro atoms. The minimum Gasteiger partial charge on any atom is -0.340 e. The SMILES string of the molecule is CCC1(CC)NC(=O)C(C)N(C(C)(CC)CC)C1=O. The van der Waals surface area contributed by atoms with Gasteiger partial charge in [0.15, 0.2) is 0 Å². The monoisotopic (exact) mass is 268 g/mol. The Labute approximate surface area is 116 Å². The van der Waals surface area contributed by atoms with E-state index in [1.807, 2.05) is 25.7 Å². The smallest absolute Gasteiger partial charge is 0.249 e. The van der Waals surface area contributed by atoms with Gasteiger partial charge < -0.3 is 10.2 Å². The maximum Gasteiger partial charge on any atom is 0.249 e. The standard InChI is InChI=1S/C15H28N2O2/c1-7-14(6,8-2)17-11(5)12(18)16-15(9-3,10-4)13(17)19/h11H,7-10H2,1-6H3,(H,16,18). The summed E-state index contributed by atoms with van der Waals surface area (Å²) in [6.07, 6.45) is 2.99. The Hall–Kier alpha value is -1.06. The van der Waals surface area contributed by atoms with Crippen LogP contribution in [0.15, 0.2) is 0 Å². The predicted molar refractivity (Wildman–Crippen MR) is 76.8 cm³/mol. The van der Waals surface area contributed by atoms with Gasteiger partial charge in [-0.1, -0.05) is 27.7 Å². The minimum absolute atomic E-state index is 0.0311. The summed E-state index contributed by atoms with van der Waals surface area (Å²) in [5, 5.41) is 2.95. The number of amides is 2. The molecule has 1 aliphatic rings. The van der Waals surface area contributed by atoms with Crippen LogP contribution in [0.4, 0.5) is 0 Å². The van der Waals surface area contributed by atoms with E-state index < -0.39 is 5.54 Å². The lowest BCUT2D eigenvalue weighted by Gasteiger charge is -2.52. The Morgan fingerprint density at radius 1 is 1.16 bits per heavy atom. The van der Waals surface area contributed by atoms with Crippen molar-refractivity contribution in [3.63, 3.8) is 0 Å². The van der Waals surface area contributed by atoms with Crippen LogP contribution in [0.2, 0.25) is 0 Å². The molecule has 0 aromatic rings. The fourth-order valence-electron chi connectivity index (χ4n) is 2.95. The summed E-state index contributed by atoms with van der Waals surface area (Å²) in [4.78, 5) is 27.0. The van der Waals surface area contributed by atoms with Gasteiger partial charge >= 0.3 is 0 Å². The highest BCUT2D eigenvalue weighted by Gasteiger charge is 2.51. The van der Waals surface area contributed by atoms with Gasteiger partial charge in [-0.25, -0.2) is 0 Å². The summed E-state index contributed by atoms with van der Waals surface area (Å²) < 4.78 is 0. The second-order valence-electron chi connectivity index (χ2n) is 5.83. The summed E-state index contributed by atoms with van der Waals surface area (Å²) >= 11 is 0. The van der Waals surface area contributed by atoms with Crippen LogP contribution in [-0.4, -0.2) is 33.8 Å². The van der Waals surface area contributed by atoms with E-state index in [-0.39, 0.29) is 23.4 Å². The van der Waals surface area contributed by atoms with Crippen LogP contribution in [0.3, 0.4) is 0 Å². The Kier molecular flexibility index (Phi) is 4.64. The van der Waals surface area contributed by atoms with E-state index in [2.05, 4.69) is 26.1 Å². The van der Waals surface area contributed by atoms with E-state index in [0.717, 1.165) is 12.8 Å². The molecule has 4 heteroatoms. The zero-order chi connectivity index (χ0) is 14.8. The summed E-state index contributed by atoms with van der Waals surface area (Å²) in [5.74, 6) is 0.0484. The Bertz CT molecular complexity index is 357. The lowest BCUT2D eigenvalue weighted by atomic mass is 9.82. The molecule has 1 fully saturated rings. The second-order valence-corrected chi connectivity index (χ2v) is 5.83. The number of carbonyl (C=O) groups excluding carboxylic acids is 2. The largest absolute Gasteiger partial charge is 0.340 e. The van der Waals surface area contributed by atoms with Gasteiger partial charge in [-0.2, -0.15) is 0 Å². The van der Waals surface area contributed by atoms with Crippen LogP contribution in [0.1, 0.15) is 67.2 Å². The number of nitrogens with one attached hydrogen (secondary N) is 1. The van der Waals surface area contributed by atoms with Crippen LogP contribution in [0.5, 0.6) is 0 Å². The number of carbonyl (C=O) groups is 2. The third-order valence-corrected chi connectivity index (χ3v) is 5.07. The van der Waals surface area contributed by atoms with Crippen LogP contribution in [0.25, 0.3) is 0 Å². The van der Waals surface area contributed by atoms with Gasteiger partial charge in [0.05, 0.1) is 0 Å². The molecule has 0 aromatic heterocycles. The first-order chi connectivity index (χ1) is 8.81. The summed E-state index contributed by atoms with van der Waals surface area (Å²) in [6, 6.07) is -0.386. The van der Waals surface area contributed by atoms with Crippen molar-refractivity contribution in [2.45, 2.75) is 84.3 Å². The van der Waals surface area contributed by atoms with Crippen molar-refractivity contribution in [1.82, 2.24) is 10.2 Å². The maximum atomic E-state index is 12.9. The van der Waals surface area contributed by atoms with Gasteiger partial charge in [0.25, 0.3) is 0 Å². The molecule has 19 heavy (non-hydrogen) atoms. The third kappa shape index (κ3) is 2.37. The number of hydrogen-bond donors (Lipinski definition) is 1. The number of rotatable bonds is 5. The predicted octanol–water partition coefficient (Wildman–Crippen LogP) is 2.47. The van der Waals surface area contributed by atoms with Crippen molar-refractivity contribution in [2.24, 2.45) is 0 Å². The molecular formula is C15H28N2O2. The second kappa shape index (κ2) is 5.51. The zero-order valence-corrected chi connectivity index (χ0v) is 13.2. The lowest BCUT2D eigenvalue weighted by Crippen LogP contribution is -2.73. The zero-order valence-electron chi connectivity index (χ0n) is 13.2. The molecule has 4 nitrogen and oxygen atoms in total. The number of nitrogens with zero attached hydrogens (tertiary/aromatic N) is 1. The molecule has 1 heterocycles. The fourth-order valence-corrected chi connectivity index (χ4v) is 2.95. The molecule has 0 aliphatic carbocycles. The molecule has 0 radical (unpaired) electrons. The first-order valence-corrected chi connectivity index (χ1v) is 7.47. The highest BCUT2D eigenvalue weighted by molar-refractivity contribution is 6.00. The molecule has 1 N–H and O–H groups in total. The minimum atomic E-state index is -0.713. The molecule has 0 aromatic carbocycles. The van der Waals surface area contributed by atoms with Crippen molar-refractivity contribution in [3.05, 3.63) is 0 Å². The van der Waals surface area contributed by atoms with Crippen molar-refractivity contribution >= 4 is 11.8 Å². The molecule has 2 amide bonds. The fraction of sp³-hybridized carbons (Fsp3) is 0.867. The van der Waals surface area contributed by atoms with Gasteiger partial charge in [0.2, 0.25) is 11.8 Å². The number of hydrogen-bond acceptors (Lipinski definition) is 2. The van der Waals surface area contributed by atoms with Crippen LogP contribution >= 0.6 is 0 Å². The average molecular weight is 268 g/mol. The van der Waals surface area contributed by atoms with Gasteiger partial charge in [-0.3, -0.25) is 9.59 Å². The van der Waals surface area contributed by atoms with E-state index in [0.29, 0.717) is 12.8 Å². The highest BCUT2D eigenvalue weighted by Crippen LogP contribution is 2.33. The van der Waals surface area contributed by atoms with Crippen molar-refractivity contribution in [1.29, 1.82) is 0 Å². The Morgan fingerprint density at radius 2 is 1.63 bits per heavy atom. The van der Waals surface area contributed by atoms with Gasteiger partial charge in [-0.15, -0.1) is 0 Å². The van der Waals surface area contributed by atoms with Gasteiger partial charge in [-0.05, 0) is 39.5 Å². The highest BCUT2D eigenvalue weighted by atomic mass is 16.2. The molecule has 1 unspecified atom stereocenters. The summed E-state index contributed by atoms with van der Waals surface area (Å²) in [5.41, 5.74) is -0.959. The van der Waals surface area contributed by atoms with Crippen molar-refractivity contribution in [3.8, 4) is 0 Å². The number of piperazine rings is 1. The normalized spacial score (nSPS) is 23.5.